The maximum Gasteiger partial charge on any atom is 0.0689 e. The van der Waals surface area contributed by atoms with Crippen LogP contribution in [0.4, 0.5) is 0 Å². The predicted octanol–water partition coefficient (Wildman–Crippen LogP) is -1.69. The Morgan fingerprint density at radius 3 is 1.33 bits per heavy atom. The molecule has 0 rings (SSSR count). The van der Waals surface area contributed by atoms with Crippen LogP contribution in [0.5, 0.6) is 0 Å². The molecule has 0 aliphatic heterocycles. The van der Waals surface area contributed by atoms with E-state index < -0.39 is 5.09 Å². The molecule has 6 heavy (non-hydrogen) atoms. The normalized spacial score (nSPS) is 4.00. The van der Waals surface area contributed by atoms with Gasteiger partial charge in [-0.05, 0) is 11.0 Å². The van der Waals surface area contributed by atoms with Crippen molar-refractivity contribution in [1.29, 1.82) is 0 Å². The molecule has 0 spiro atoms. The Bertz CT molecular complexity index is 33.8. The van der Waals surface area contributed by atoms with Gasteiger partial charge in [0.1, 0.15) is 0 Å². The number of hydrogen-bond donors (Lipinski definition) is 0. The van der Waals surface area contributed by atoms with E-state index in [1.807, 2.05) is 0 Å². The van der Waals surface area contributed by atoms with Gasteiger partial charge in [0, 0.05) is 21.7 Å². The molecular formula is H4NO3SiTi-. The summed E-state index contributed by atoms with van der Waals surface area (Å²) in [6, 6.07) is 0. The van der Waals surface area contributed by atoms with Crippen LogP contribution < -0.4 is 0 Å². The zero-order valence-corrected chi connectivity index (χ0v) is 3.73. The summed E-state index contributed by atoms with van der Waals surface area (Å²) in [5.74, 6) is 0. The second kappa shape index (κ2) is 8.93. The van der Waals surface area contributed by atoms with Gasteiger partial charge in [0.25, 0.3) is 0 Å². The Hall–Kier alpha value is 0.131. The van der Waals surface area contributed by atoms with Crippen LogP contribution in [0.2, 0.25) is 0 Å². The number of hydrogen-bond acceptors (Lipinski definition) is 3. The van der Waals surface area contributed by atoms with E-state index in [1.165, 1.54) is 0 Å². The summed E-state index contributed by atoms with van der Waals surface area (Å²) in [5, 5.41) is 14.8. The molecule has 0 aromatic rings. The van der Waals surface area contributed by atoms with Gasteiger partial charge < -0.3 is 15.3 Å². The molecule has 0 saturated heterocycles. The van der Waals surface area contributed by atoms with Gasteiger partial charge in [-0.15, -0.1) is 0 Å². The van der Waals surface area contributed by atoms with Crippen molar-refractivity contribution in [2.24, 2.45) is 0 Å². The molecule has 36 valence electrons. The first-order chi connectivity index (χ1) is 1.73. The molecule has 0 aliphatic rings. The topological polar surface area (TPSA) is 66.2 Å². The molecule has 4 nitrogen and oxygen atoms in total. The molecule has 0 amide bonds. The summed E-state index contributed by atoms with van der Waals surface area (Å²) in [5.41, 5.74) is 0. The molecule has 6 heteroatoms. The second-order valence-electron chi connectivity index (χ2n) is 0.224. The maximum absolute atomic E-state index is 8.25. The van der Waals surface area contributed by atoms with Crippen LogP contribution in [0.25, 0.3) is 0 Å². The average Bonchev–Trinajstić information content (AvgIpc) is 0.811. The molecule has 0 unspecified atom stereocenters. The van der Waals surface area contributed by atoms with E-state index in [1.54, 1.807) is 0 Å². The van der Waals surface area contributed by atoms with Crippen molar-refractivity contribution in [2.75, 3.05) is 0 Å². The van der Waals surface area contributed by atoms with Crippen molar-refractivity contribution in [3.63, 3.8) is 0 Å². The predicted molar refractivity (Wildman–Crippen MR) is 21.7 cm³/mol. The van der Waals surface area contributed by atoms with Crippen LogP contribution in [-0.2, 0) is 21.7 Å². The number of rotatable bonds is 0. The van der Waals surface area contributed by atoms with Crippen molar-refractivity contribution < 1.29 is 26.8 Å². The minimum absolute atomic E-state index is 0. The molecule has 0 aromatic carbocycles. The van der Waals surface area contributed by atoms with Crippen molar-refractivity contribution >= 4 is 11.0 Å². The van der Waals surface area contributed by atoms with Gasteiger partial charge in [-0.1, -0.05) is 0 Å². The van der Waals surface area contributed by atoms with Gasteiger partial charge in [0.05, 0.1) is 5.09 Å². The molecular weight excluding hydrogens is 138 g/mol. The molecule has 0 atom stereocenters. The quantitative estimate of drug-likeness (QED) is 0.230. The minimum atomic E-state index is -1.75. The summed E-state index contributed by atoms with van der Waals surface area (Å²) in [6.45, 7) is 0. The van der Waals surface area contributed by atoms with Crippen molar-refractivity contribution in [1.82, 2.24) is 0 Å². The molecule has 0 radical (unpaired) electrons. The second-order valence-corrected chi connectivity index (χ2v) is 0.224. The fourth-order valence-electron chi connectivity index (χ4n) is 0. The largest absolute Gasteiger partial charge is 0.356 e. The Labute approximate surface area is 53.6 Å². The SMILES string of the molecule is O=[N+]([O-])[O-].[SiH4].[Ti]. The molecule has 0 heterocycles. The smallest absolute Gasteiger partial charge is 0.0689 e. The fourth-order valence-corrected chi connectivity index (χ4v) is 0. The fraction of sp³-hybridized carbons (Fsp3) is 0. The first-order valence-corrected chi connectivity index (χ1v) is 0.548. The van der Waals surface area contributed by atoms with E-state index in [9.17, 15) is 0 Å². The van der Waals surface area contributed by atoms with Crippen LogP contribution >= 0.6 is 0 Å². The Kier molecular flexibility index (Phi) is 24.5. The first-order valence-electron chi connectivity index (χ1n) is 0.548. The zero-order chi connectivity index (χ0) is 3.58. The summed E-state index contributed by atoms with van der Waals surface area (Å²) in [4.78, 5) is 8.25. The molecule has 0 saturated carbocycles. The van der Waals surface area contributed by atoms with Crippen molar-refractivity contribution in [2.45, 2.75) is 0 Å². The third-order valence-corrected chi connectivity index (χ3v) is 0. The third-order valence-electron chi connectivity index (χ3n) is 0. The Morgan fingerprint density at radius 1 is 1.33 bits per heavy atom. The van der Waals surface area contributed by atoms with Gasteiger partial charge in [0.15, 0.2) is 0 Å². The summed E-state index contributed by atoms with van der Waals surface area (Å²) in [7, 11) is 0. The van der Waals surface area contributed by atoms with Gasteiger partial charge in [0.2, 0.25) is 0 Å². The zero-order valence-electron chi connectivity index (χ0n) is 2.17. The summed E-state index contributed by atoms with van der Waals surface area (Å²) >= 11 is 0. The van der Waals surface area contributed by atoms with Gasteiger partial charge in [-0.25, -0.2) is 0 Å². The molecule has 0 aliphatic carbocycles. The average molecular weight is 142 g/mol. The van der Waals surface area contributed by atoms with Crippen molar-refractivity contribution in [3.8, 4) is 0 Å². The molecule has 0 aromatic heterocycles. The molecule has 0 N–H and O–H groups in total. The van der Waals surface area contributed by atoms with E-state index in [0.717, 1.165) is 0 Å². The Balaban J connectivity index is -0.0000000450. The third kappa shape index (κ3) is 2350. The summed E-state index contributed by atoms with van der Waals surface area (Å²) < 4.78 is 0. The molecule has 0 bridgehead atoms. The van der Waals surface area contributed by atoms with E-state index >= 15 is 0 Å². The van der Waals surface area contributed by atoms with Crippen LogP contribution in [0, 0.1) is 15.3 Å². The van der Waals surface area contributed by atoms with Gasteiger partial charge in [-0.3, -0.25) is 0 Å². The van der Waals surface area contributed by atoms with Gasteiger partial charge >= 0.3 is 0 Å². The van der Waals surface area contributed by atoms with E-state index in [-0.39, 0.29) is 32.7 Å². The van der Waals surface area contributed by atoms with Crippen LogP contribution in [-0.4, -0.2) is 16.1 Å². The van der Waals surface area contributed by atoms with Crippen LogP contribution in [0.3, 0.4) is 0 Å². The maximum atomic E-state index is 8.25. The monoisotopic (exact) mass is 142 g/mol. The van der Waals surface area contributed by atoms with Crippen LogP contribution in [0.1, 0.15) is 0 Å². The first kappa shape index (κ1) is 16.5. The standard InChI is InChI=1S/NO3.H4Si.Ti/c2-1(3)4;;/h;1H4;/q-1;;. The summed E-state index contributed by atoms with van der Waals surface area (Å²) in [6.07, 6.45) is 0. The van der Waals surface area contributed by atoms with E-state index in [4.69, 9.17) is 15.3 Å². The van der Waals surface area contributed by atoms with E-state index in [0.29, 0.717) is 0 Å². The van der Waals surface area contributed by atoms with E-state index in [2.05, 4.69) is 0 Å². The Morgan fingerprint density at radius 2 is 1.33 bits per heavy atom. The number of nitrogens with zero attached hydrogens (tertiary/aromatic N) is 1. The van der Waals surface area contributed by atoms with Crippen LogP contribution in [0.15, 0.2) is 0 Å². The molecule has 0 fully saturated rings. The van der Waals surface area contributed by atoms with Crippen molar-refractivity contribution in [3.05, 3.63) is 15.3 Å². The minimum Gasteiger partial charge on any atom is -0.356 e. The van der Waals surface area contributed by atoms with Gasteiger partial charge in [-0.2, -0.15) is 0 Å².